The van der Waals surface area contributed by atoms with Gasteiger partial charge in [-0.3, -0.25) is 4.79 Å². The summed E-state index contributed by atoms with van der Waals surface area (Å²) >= 11 is 0. The standard InChI is InChI=1S/C15H22O4S/c1-4-15(14(16)17,13-8-6-5-7-9-13)10-11-20(18,19)12(2)3/h5-9,12H,4,10-11H2,1-3H3,(H,16,17). The van der Waals surface area contributed by atoms with E-state index in [9.17, 15) is 18.3 Å². The quantitative estimate of drug-likeness (QED) is 0.840. The van der Waals surface area contributed by atoms with E-state index in [2.05, 4.69) is 0 Å². The minimum absolute atomic E-state index is 0.101. The van der Waals surface area contributed by atoms with Crippen LogP contribution in [-0.4, -0.2) is 30.5 Å². The van der Waals surface area contributed by atoms with E-state index in [1.54, 1.807) is 45.0 Å². The fourth-order valence-corrected chi connectivity index (χ4v) is 3.32. The molecule has 0 saturated heterocycles. The van der Waals surface area contributed by atoms with Gasteiger partial charge in [-0.25, -0.2) is 8.42 Å². The van der Waals surface area contributed by atoms with Crippen LogP contribution in [-0.2, 0) is 20.0 Å². The monoisotopic (exact) mass is 298 g/mol. The Morgan fingerprint density at radius 2 is 1.80 bits per heavy atom. The maximum absolute atomic E-state index is 12.0. The van der Waals surface area contributed by atoms with E-state index in [4.69, 9.17) is 0 Å². The first-order chi connectivity index (χ1) is 9.26. The van der Waals surface area contributed by atoms with Crippen LogP contribution >= 0.6 is 0 Å². The molecule has 0 saturated carbocycles. The van der Waals surface area contributed by atoms with Gasteiger partial charge in [0.2, 0.25) is 0 Å². The molecule has 1 aromatic rings. The van der Waals surface area contributed by atoms with E-state index < -0.39 is 26.5 Å². The first-order valence-corrected chi connectivity index (χ1v) is 8.48. The summed E-state index contributed by atoms with van der Waals surface area (Å²) in [5, 5.41) is 9.13. The van der Waals surface area contributed by atoms with E-state index in [0.29, 0.717) is 12.0 Å². The van der Waals surface area contributed by atoms with Crippen molar-refractivity contribution in [3.8, 4) is 0 Å². The van der Waals surface area contributed by atoms with Crippen molar-refractivity contribution in [3.05, 3.63) is 35.9 Å². The van der Waals surface area contributed by atoms with Crippen LogP contribution in [0.3, 0.4) is 0 Å². The highest BCUT2D eigenvalue weighted by Crippen LogP contribution is 2.33. The molecule has 0 aromatic heterocycles. The Kier molecular flexibility index (Phi) is 5.34. The summed E-state index contributed by atoms with van der Waals surface area (Å²) in [4.78, 5) is 11.7. The number of sulfone groups is 1. The Balaban J connectivity index is 3.12. The zero-order chi connectivity index (χ0) is 15.4. The normalized spacial score (nSPS) is 15.0. The van der Waals surface area contributed by atoms with Gasteiger partial charge in [-0.2, -0.15) is 0 Å². The van der Waals surface area contributed by atoms with Gasteiger partial charge in [-0.1, -0.05) is 37.3 Å². The highest BCUT2D eigenvalue weighted by molar-refractivity contribution is 7.91. The van der Waals surface area contributed by atoms with Gasteiger partial charge in [0.15, 0.2) is 9.84 Å². The Hall–Kier alpha value is -1.36. The van der Waals surface area contributed by atoms with Crippen LogP contribution in [0.1, 0.15) is 39.2 Å². The Morgan fingerprint density at radius 1 is 1.25 bits per heavy atom. The molecule has 20 heavy (non-hydrogen) atoms. The number of hydrogen-bond donors (Lipinski definition) is 1. The van der Waals surface area contributed by atoms with Gasteiger partial charge >= 0.3 is 5.97 Å². The van der Waals surface area contributed by atoms with Crippen LogP contribution < -0.4 is 0 Å². The smallest absolute Gasteiger partial charge is 0.314 e. The highest BCUT2D eigenvalue weighted by atomic mass is 32.2. The summed E-state index contributed by atoms with van der Waals surface area (Å²) in [6.07, 6.45) is 0.462. The molecule has 0 heterocycles. The molecule has 0 fully saturated rings. The van der Waals surface area contributed by atoms with Crippen molar-refractivity contribution < 1.29 is 18.3 Å². The van der Waals surface area contributed by atoms with Crippen molar-refractivity contribution in [2.45, 2.75) is 44.3 Å². The summed E-state index contributed by atoms with van der Waals surface area (Å²) in [5.41, 5.74) is -0.475. The number of aliphatic carboxylic acids is 1. The second-order valence-corrected chi connectivity index (χ2v) is 7.95. The van der Waals surface area contributed by atoms with Gasteiger partial charge in [0.05, 0.1) is 16.4 Å². The Morgan fingerprint density at radius 3 is 2.20 bits per heavy atom. The topological polar surface area (TPSA) is 71.4 Å². The van der Waals surface area contributed by atoms with Crippen molar-refractivity contribution in [2.24, 2.45) is 0 Å². The van der Waals surface area contributed by atoms with E-state index >= 15 is 0 Å². The van der Waals surface area contributed by atoms with E-state index in [1.165, 1.54) is 0 Å². The van der Waals surface area contributed by atoms with Crippen molar-refractivity contribution in [2.75, 3.05) is 5.75 Å². The van der Waals surface area contributed by atoms with Gasteiger partial charge in [0.25, 0.3) is 0 Å². The Bertz CT molecular complexity index is 548. The molecule has 1 N–H and O–H groups in total. The molecular weight excluding hydrogens is 276 g/mol. The number of carbonyl (C=O) groups is 1. The first kappa shape index (κ1) is 16.7. The molecule has 4 nitrogen and oxygen atoms in total. The average molecular weight is 298 g/mol. The van der Waals surface area contributed by atoms with Crippen molar-refractivity contribution >= 4 is 15.8 Å². The number of carboxylic acids is 1. The minimum Gasteiger partial charge on any atom is -0.481 e. The van der Waals surface area contributed by atoms with Gasteiger partial charge in [0, 0.05) is 0 Å². The molecule has 0 spiro atoms. The molecule has 1 rings (SSSR count). The summed E-state index contributed by atoms with van der Waals surface area (Å²) in [7, 11) is -3.25. The maximum Gasteiger partial charge on any atom is 0.314 e. The largest absolute Gasteiger partial charge is 0.481 e. The zero-order valence-corrected chi connectivity index (χ0v) is 13.0. The van der Waals surface area contributed by atoms with Crippen molar-refractivity contribution in [1.82, 2.24) is 0 Å². The molecule has 112 valence electrons. The number of benzene rings is 1. The van der Waals surface area contributed by atoms with Crippen LogP contribution in [0.5, 0.6) is 0 Å². The van der Waals surface area contributed by atoms with Gasteiger partial charge in [0.1, 0.15) is 0 Å². The van der Waals surface area contributed by atoms with E-state index in [1.807, 2.05) is 6.07 Å². The summed E-state index contributed by atoms with van der Waals surface area (Å²) in [5.74, 6) is -1.08. The molecule has 0 aliphatic rings. The van der Waals surface area contributed by atoms with E-state index in [0.717, 1.165) is 0 Å². The third-order valence-corrected chi connectivity index (χ3v) is 6.08. The molecule has 0 aliphatic carbocycles. The summed E-state index contributed by atoms with van der Waals surface area (Å²) in [6.45, 7) is 5.02. The molecule has 0 radical (unpaired) electrons. The lowest BCUT2D eigenvalue weighted by molar-refractivity contribution is -0.144. The maximum atomic E-state index is 12.0. The molecule has 0 aliphatic heterocycles. The predicted molar refractivity (Wildman–Crippen MR) is 79.6 cm³/mol. The Labute approximate surface area is 120 Å². The second kappa shape index (κ2) is 6.39. The average Bonchev–Trinajstić information content (AvgIpc) is 2.40. The molecular formula is C15H22O4S. The molecule has 1 aromatic carbocycles. The van der Waals surface area contributed by atoms with Crippen molar-refractivity contribution in [1.29, 1.82) is 0 Å². The number of rotatable bonds is 7. The number of hydrogen-bond acceptors (Lipinski definition) is 3. The lowest BCUT2D eigenvalue weighted by atomic mass is 9.76. The molecule has 0 amide bonds. The lowest BCUT2D eigenvalue weighted by Gasteiger charge is -2.29. The van der Waals surface area contributed by atoms with Crippen LogP contribution in [0.4, 0.5) is 0 Å². The fourth-order valence-electron chi connectivity index (χ4n) is 2.22. The molecule has 1 atom stereocenters. The predicted octanol–water partition coefficient (Wildman–Crippen LogP) is 2.63. The lowest BCUT2D eigenvalue weighted by Crippen LogP contribution is -2.38. The SMILES string of the molecule is CCC(CCS(=O)(=O)C(C)C)(C(=O)O)c1ccccc1. The summed E-state index contributed by atoms with van der Waals surface area (Å²) < 4.78 is 23.9. The third-order valence-electron chi connectivity index (χ3n) is 3.87. The van der Waals surface area contributed by atoms with Crippen molar-refractivity contribution in [3.63, 3.8) is 0 Å². The molecule has 0 bridgehead atoms. The second-order valence-electron chi connectivity index (χ2n) is 5.27. The molecule has 1 unspecified atom stereocenters. The van der Waals surface area contributed by atoms with Gasteiger partial charge < -0.3 is 5.11 Å². The van der Waals surface area contributed by atoms with Gasteiger partial charge in [-0.05, 0) is 32.3 Å². The number of carboxylic acid groups (broad SMARTS) is 1. The minimum atomic E-state index is -3.25. The van der Waals surface area contributed by atoms with Crippen LogP contribution in [0, 0.1) is 0 Å². The van der Waals surface area contributed by atoms with Crippen LogP contribution in [0.2, 0.25) is 0 Å². The van der Waals surface area contributed by atoms with Crippen LogP contribution in [0.15, 0.2) is 30.3 Å². The molecule has 5 heteroatoms. The van der Waals surface area contributed by atoms with Gasteiger partial charge in [-0.15, -0.1) is 0 Å². The third kappa shape index (κ3) is 3.39. The zero-order valence-electron chi connectivity index (χ0n) is 12.2. The summed E-state index contributed by atoms with van der Waals surface area (Å²) in [6, 6.07) is 8.87. The fraction of sp³-hybridized carbons (Fsp3) is 0.533. The first-order valence-electron chi connectivity index (χ1n) is 6.77. The highest BCUT2D eigenvalue weighted by Gasteiger charge is 2.39. The van der Waals surface area contributed by atoms with Crippen LogP contribution in [0.25, 0.3) is 0 Å². The van der Waals surface area contributed by atoms with E-state index in [-0.39, 0.29) is 12.2 Å².